The van der Waals surface area contributed by atoms with E-state index < -0.39 is 11.7 Å². The molecule has 9 heteroatoms. The molecule has 3 amide bonds. The Morgan fingerprint density at radius 3 is 2.33 bits per heavy atom. The number of halogens is 2. The first-order chi connectivity index (χ1) is 15.7. The molecule has 1 aliphatic rings. The number of hydrogen-bond acceptors (Lipinski definition) is 4. The molecule has 0 aromatic heterocycles. The van der Waals surface area contributed by atoms with Gasteiger partial charge in [0.15, 0.2) is 0 Å². The summed E-state index contributed by atoms with van der Waals surface area (Å²) in [7, 11) is 0. The first-order valence-corrected chi connectivity index (χ1v) is 11.2. The van der Waals surface area contributed by atoms with E-state index in [4.69, 9.17) is 11.6 Å². The van der Waals surface area contributed by atoms with Gasteiger partial charge in [0.2, 0.25) is 11.8 Å². The number of piperazine rings is 1. The van der Waals surface area contributed by atoms with Crippen LogP contribution < -0.4 is 10.6 Å². The number of aryl methyl sites for hydroxylation is 2. The van der Waals surface area contributed by atoms with Crippen molar-refractivity contribution in [3.8, 4) is 0 Å². The van der Waals surface area contributed by atoms with Gasteiger partial charge in [0.1, 0.15) is 5.82 Å². The number of hydrogen-bond donors (Lipinski definition) is 2. The maximum atomic E-state index is 13.1. The molecule has 176 valence electrons. The fraction of sp³-hybridized carbons (Fsp3) is 0.375. The van der Waals surface area contributed by atoms with Crippen LogP contribution >= 0.6 is 11.6 Å². The normalized spacial score (nSPS) is 14.1. The number of carbonyl (C=O) groups is 3. The van der Waals surface area contributed by atoms with E-state index in [1.54, 1.807) is 4.90 Å². The molecule has 33 heavy (non-hydrogen) atoms. The van der Waals surface area contributed by atoms with Crippen LogP contribution in [-0.4, -0.2) is 66.8 Å². The average Bonchev–Trinajstić information content (AvgIpc) is 2.76. The summed E-state index contributed by atoms with van der Waals surface area (Å²) in [5, 5.41) is 5.65. The Kier molecular flexibility index (Phi) is 8.41. The van der Waals surface area contributed by atoms with Crippen molar-refractivity contribution in [1.82, 2.24) is 15.1 Å². The fourth-order valence-electron chi connectivity index (χ4n) is 3.76. The summed E-state index contributed by atoms with van der Waals surface area (Å²) in [4.78, 5) is 40.9. The van der Waals surface area contributed by atoms with Crippen molar-refractivity contribution in [2.75, 3.05) is 44.6 Å². The minimum Gasteiger partial charge on any atom is -0.351 e. The number of carbonyl (C=O) groups excluding carboxylic acids is 3. The highest BCUT2D eigenvalue weighted by molar-refractivity contribution is 6.33. The molecule has 0 bridgehead atoms. The van der Waals surface area contributed by atoms with E-state index in [9.17, 15) is 18.8 Å². The topological polar surface area (TPSA) is 81.8 Å². The number of para-hydroxylation sites is 1. The van der Waals surface area contributed by atoms with E-state index in [1.165, 1.54) is 6.07 Å². The van der Waals surface area contributed by atoms with Crippen molar-refractivity contribution < 1.29 is 18.8 Å². The van der Waals surface area contributed by atoms with Crippen LogP contribution in [0.5, 0.6) is 0 Å². The molecule has 1 fully saturated rings. The van der Waals surface area contributed by atoms with Crippen molar-refractivity contribution in [2.45, 2.75) is 20.3 Å². The Morgan fingerprint density at radius 1 is 1.03 bits per heavy atom. The minimum atomic E-state index is -0.520. The zero-order chi connectivity index (χ0) is 24.0. The molecular weight excluding hydrogens is 447 g/mol. The van der Waals surface area contributed by atoms with Crippen LogP contribution in [0, 0.1) is 19.7 Å². The summed E-state index contributed by atoms with van der Waals surface area (Å²) in [6, 6.07) is 9.43. The van der Waals surface area contributed by atoms with Gasteiger partial charge in [0.25, 0.3) is 5.91 Å². The second kappa shape index (κ2) is 11.2. The molecule has 0 saturated carbocycles. The number of amides is 3. The third-order valence-electron chi connectivity index (χ3n) is 5.64. The van der Waals surface area contributed by atoms with E-state index in [0.29, 0.717) is 26.2 Å². The maximum Gasteiger partial charge on any atom is 0.252 e. The molecule has 2 aromatic rings. The van der Waals surface area contributed by atoms with Gasteiger partial charge in [-0.2, -0.15) is 0 Å². The predicted octanol–water partition coefficient (Wildman–Crippen LogP) is 3.00. The zero-order valence-electron chi connectivity index (χ0n) is 18.8. The Hall–Kier alpha value is -2.97. The lowest BCUT2D eigenvalue weighted by atomic mass is 10.1. The highest BCUT2D eigenvalue weighted by Gasteiger charge is 2.23. The van der Waals surface area contributed by atoms with Crippen LogP contribution in [0.1, 0.15) is 27.9 Å². The van der Waals surface area contributed by atoms with Crippen LogP contribution in [0.3, 0.4) is 0 Å². The van der Waals surface area contributed by atoms with Crippen LogP contribution in [-0.2, 0) is 9.59 Å². The van der Waals surface area contributed by atoms with Crippen molar-refractivity contribution in [1.29, 1.82) is 0 Å². The third kappa shape index (κ3) is 6.76. The molecule has 1 aliphatic heterocycles. The molecule has 7 nitrogen and oxygen atoms in total. The fourth-order valence-corrected chi connectivity index (χ4v) is 4.01. The number of nitrogens with one attached hydrogen (secondary N) is 2. The summed E-state index contributed by atoms with van der Waals surface area (Å²) in [6.45, 7) is 6.59. The van der Waals surface area contributed by atoms with Gasteiger partial charge in [-0.3, -0.25) is 19.3 Å². The highest BCUT2D eigenvalue weighted by atomic mass is 35.5. The monoisotopic (exact) mass is 474 g/mol. The van der Waals surface area contributed by atoms with Crippen molar-refractivity contribution >= 4 is 35.0 Å². The van der Waals surface area contributed by atoms with E-state index in [2.05, 4.69) is 10.6 Å². The van der Waals surface area contributed by atoms with Crippen molar-refractivity contribution in [3.63, 3.8) is 0 Å². The Bertz CT molecular complexity index is 1020. The average molecular weight is 475 g/mol. The lowest BCUT2D eigenvalue weighted by molar-refractivity contribution is -0.132. The molecule has 3 rings (SSSR count). The predicted molar refractivity (Wildman–Crippen MR) is 126 cm³/mol. The van der Waals surface area contributed by atoms with E-state index >= 15 is 0 Å². The van der Waals surface area contributed by atoms with E-state index in [-0.39, 0.29) is 41.9 Å². The van der Waals surface area contributed by atoms with Gasteiger partial charge in [0.05, 0.1) is 17.1 Å². The first-order valence-electron chi connectivity index (χ1n) is 10.8. The Morgan fingerprint density at radius 2 is 1.70 bits per heavy atom. The summed E-state index contributed by atoms with van der Waals surface area (Å²) < 4.78 is 13.1. The summed E-state index contributed by atoms with van der Waals surface area (Å²) in [5.74, 6) is -1.12. The lowest BCUT2D eigenvalue weighted by Gasteiger charge is -2.34. The van der Waals surface area contributed by atoms with Crippen molar-refractivity contribution in [3.05, 3.63) is 63.9 Å². The van der Waals surface area contributed by atoms with Gasteiger partial charge in [-0.05, 0) is 43.2 Å². The number of rotatable bonds is 7. The van der Waals surface area contributed by atoms with E-state index in [1.807, 2.05) is 36.9 Å². The molecule has 0 aliphatic carbocycles. The number of nitrogens with zero attached hydrogens (tertiary/aromatic N) is 2. The Labute approximate surface area is 197 Å². The molecule has 0 unspecified atom stereocenters. The molecule has 2 N–H and O–H groups in total. The molecule has 0 atom stereocenters. The molecule has 2 aromatic carbocycles. The quantitative estimate of drug-likeness (QED) is 0.646. The van der Waals surface area contributed by atoms with Crippen LogP contribution in [0.4, 0.5) is 10.1 Å². The number of anilines is 1. The smallest absolute Gasteiger partial charge is 0.252 e. The van der Waals surface area contributed by atoms with Gasteiger partial charge in [0, 0.05) is 44.8 Å². The molecule has 1 saturated heterocycles. The van der Waals surface area contributed by atoms with Gasteiger partial charge >= 0.3 is 0 Å². The largest absolute Gasteiger partial charge is 0.351 e. The van der Waals surface area contributed by atoms with E-state index in [0.717, 1.165) is 28.9 Å². The van der Waals surface area contributed by atoms with Crippen LogP contribution in [0.2, 0.25) is 5.02 Å². The maximum absolute atomic E-state index is 13.1. The van der Waals surface area contributed by atoms with Crippen LogP contribution in [0.25, 0.3) is 0 Å². The lowest BCUT2D eigenvalue weighted by Crippen LogP contribution is -2.50. The summed E-state index contributed by atoms with van der Waals surface area (Å²) >= 11 is 5.89. The standard InChI is InChI=1S/C24H28ClFN4O3/c1-16-4-3-5-17(2)23(16)28-21(31)15-29-10-12-30(13-11-29)22(32)8-9-27-24(33)19-7-6-18(26)14-20(19)25/h3-7,14H,8-13,15H2,1-2H3,(H,27,33)(H,28,31). The Balaban J connectivity index is 1.39. The first kappa shape index (κ1) is 24.7. The third-order valence-corrected chi connectivity index (χ3v) is 5.95. The number of benzene rings is 2. The molecule has 0 spiro atoms. The molecular formula is C24H28ClFN4O3. The summed E-state index contributed by atoms with van der Waals surface area (Å²) in [5.41, 5.74) is 3.05. The van der Waals surface area contributed by atoms with Gasteiger partial charge < -0.3 is 15.5 Å². The minimum absolute atomic E-state index is 0.0246. The zero-order valence-corrected chi connectivity index (χ0v) is 19.5. The second-order valence-corrected chi connectivity index (χ2v) is 8.51. The summed E-state index contributed by atoms with van der Waals surface area (Å²) in [6.07, 6.45) is 0.150. The second-order valence-electron chi connectivity index (χ2n) is 8.10. The van der Waals surface area contributed by atoms with Crippen LogP contribution in [0.15, 0.2) is 36.4 Å². The van der Waals surface area contributed by atoms with Gasteiger partial charge in [-0.25, -0.2) is 4.39 Å². The SMILES string of the molecule is Cc1cccc(C)c1NC(=O)CN1CCN(C(=O)CCNC(=O)c2ccc(F)cc2Cl)CC1. The van der Waals surface area contributed by atoms with Gasteiger partial charge in [-0.15, -0.1) is 0 Å². The molecule has 1 heterocycles. The molecule has 0 radical (unpaired) electrons. The highest BCUT2D eigenvalue weighted by Crippen LogP contribution is 2.19. The van der Waals surface area contributed by atoms with Crippen molar-refractivity contribution in [2.24, 2.45) is 0 Å². The van der Waals surface area contributed by atoms with Gasteiger partial charge in [-0.1, -0.05) is 29.8 Å².